The van der Waals surface area contributed by atoms with Gasteiger partial charge in [-0.2, -0.15) is 0 Å². The normalized spacial score (nSPS) is 17.4. The molecule has 0 radical (unpaired) electrons. The fraction of sp³-hybridized carbons (Fsp3) is 0.348. The van der Waals surface area contributed by atoms with Crippen LogP contribution in [-0.2, 0) is 19.4 Å². The molecule has 2 heterocycles. The maximum Gasteiger partial charge on any atom is 0.336 e. The molecule has 2 aliphatic rings. The van der Waals surface area contributed by atoms with Crippen molar-refractivity contribution in [3.63, 3.8) is 0 Å². The second-order valence-electron chi connectivity index (χ2n) is 7.66. The lowest BCUT2D eigenvalue weighted by Gasteiger charge is -2.36. The molecular formula is C23H24N2O2. The van der Waals surface area contributed by atoms with Crippen LogP contribution in [0.3, 0.4) is 0 Å². The summed E-state index contributed by atoms with van der Waals surface area (Å²) in [6.07, 6.45) is 3.44. The first-order valence-corrected chi connectivity index (χ1v) is 9.87. The van der Waals surface area contributed by atoms with Gasteiger partial charge in [0.2, 0.25) is 0 Å². The van der Waals surface area contributed by atoms with Crippen LogP contribution in [0, 0.1) is 0 Å². The molecule has 3 aromatic rings. The Balaban J connectivity index is 1.37. The molecule has 27 heavy (non-hydrogen) atoms. The SMILES string of the molecule is O=c1cc(CN2CCN(c3ccccc3)CC2)c2cc3c(cc2o1)CCC3. The van der Waals surface area contributed by atoms with Crippen LogP contribution in [0.5, 0.6) is 0 Å². The van der Waals surface area contributed by atoms with Gasteiger partial charge < -0.3 is 9.32 Å². The first kappa shape index (κ1) is 16.6. The lowest BCUT2D eigenvalue weighted by atomic mass is 10.0. The molecule has 0 N–H and O–H groups in total. The van der Waals surface area contributed by atoms with E-state index in [1.807, 2.05) is 0 Å². The Morgan fingerprint density at radius 3 is 2.41 bits per heavy atom. The van der Waals surface area contributed by atoms with E-state index in [2.05, 4.69) is 52.3 Å². The zero-order valence-corrected chi connectivity index (χ0v) is 15.5. The standard InChI is InChI=1S/C23H24N2O2/c26-23-15-19(21-13-17-5-4-6-18(17)14-22(21)27-23)16-24-9-11-25(12-10-24)20-7-2-1-3-8-20/h1-3,7-8,13-15H,4-6,9-12,16H2. The summed E-state index contributed by atoms with van der Waals surface area (Å²) in [4.78, 5) is 17.0. The lowest BCUT2D eigenvalue weighted by Crippen LogP contribution is -2.46. The maximum absolute atomic E-state index is 12.1. The topological polar surface area (TPSA) is 36.7 Å². The van der Waals surface area contributed by atoms with Gasteiger partial charge in [-0.3, -0.25) is 4.90 Å². The van der Waals surface area contributed by atoms with Crippen molar-refractivity contribution in [1.82, 2.24) is 4.90 Å². The van der Waals surface area contributed by atoms with E-state index in [4.69, 9.17) is 4.42 Å². The quantitative estimate of drug-likeness (QED) is 0.669. The first-order chi connectivity index (χ1) is 13.3. The van der Waals surface area contributed by atoms with E-state index in [1.165, 1.54) is 23.2 Å². The highest BCUT2D eigenvalue weighted by atomic mass is 16.4. The predicted octanol–water partition coefficient (Wildman–Crippen LogP) is 3.60. The molecule has 0 unspecified atom stereocenters. The highest BCUT2D eigenvalue weighted by Crippen LogP contribution is 2.29. The van der Waals surface area contributed by atoms with E-state index in [0.29, 0.717) is 0 Å². The minimum atomic E-state index is -0.238. The molecule has 1 aliphatic heterocycles. The number of benzene rings is 2. The average Bonchev–Trinajstić information content (AvgIpc) is 3.15. The van der Waals surface area contributed by atoms with Crippen LogP contribution in [0.2, 0.25) is 0 Å². The third-order valence-electron chi connectivity index (χ3n) is 5.93. The molecule has 5 rings (SSSR count). The Bertz CT molecular complexity index is 1020. The summed E-state index contributed by atoms with van der Waals surface area (Å²) in [5, 5.41) is 1.11. The summed E-state index contributed by atoms with van der Waals surface area (Å²) in [6.45, 7) is 4.84. The van der Waals surface area contributed by atoms with Crippen molar-refractivity contribution in [2.24, 2.45) is 0 Å². The molecule has 4 nitrogen and oxygen atoms in total. The molecular weight excluding hydrogens is 336 g/mol. The number of aryl methyl sites for hydroxylation is 2. The van der Waals surface area contributed by atoms with Crippen molar-refractivity contribution in [3.05, 3.63) is 75.6 Å². The van der Waals surface area contributed by atoms with Crippen molar-refractivity contribution in [1.29, 1.82) is 0 Å². The number of fused-ring (bicyclic) bond motifs is 2. The Hall–Kier alpha value is -2.59. The van der Waals surface area contributed by atoms with Crippen molar-refractivity contribution in [3.8, 4) is 0 Å². The summed E-state index contributed by atoms with van der Waals surface area (Å²) in [5.41, 5.74) is 5.67. The molecule has 0 bridgehead atoms. The number of nitrogens with zero attached hydrogens (tertiary/aromatic N) is 2. The Morgan fingerprint density at radius 1 is 0.889 bits per heavy atom. The minimum absolute atomic E-state index is 0.238. The lowest BCUT2D eigenvalue weighted by molar-refractivity contribution is 0.250. The number of para-hydroxylation sites is 1. The molecule has 0 atom stereocenters. The van der Waals surface area contributed by atoms with Crippen LogP contribution in [0.4, 0.5) is 5.69 Å². The molecule has 2 aromatic carbocycles. The zero-order valence-electron chi connectivity index (χ0n) is 15.5. The number of hydrogen-bond acceptors (Lipinski definition) is 4. The number of hydrogen-bond donors (Lipinski definition) is 0. The highest BCUT2D eigenvalue weighted by molar-refractivity contribution is 5.82. The predicted molar refractivity (Wildman–Crippen MR) is 108 cm³/mol. The van der Waals surface area contributed by atoms with Crippen molar-refractivity contribution in [2.45, 2.75) is 25.8 Å². The fourth-order valence-electron chi connectivity index (χ4n) is 4.47. The Kier molecular flexibility index (Phi) is 4.21. The van der Waals surface area contributed by atoms with E-state index in [0.717, 1.165) is 62.1 Å². The molecule has 0 spiro atoms. The molecule has 1 aromatic heterocycles. The summed E-state index contributed by atoms with van der Waals surface area (Å²) in [6, 6.07) is 16.6. The Morgan fingerprint density at radius 2 is 1.63 bits per heavy atom. The third-order valence-corrected chi connectivity index (χ3v) is 5.93. The summed E-state index contributed by atoms with van der Waals surface area (Å²) < 4.78 is 5.51. The minimum Gasteiger partial charge on any atom is -0.423 e. The maximum atomic E-state index is 12.1. The van der Waals surface area contributed by atoms with Gasteiger partial charge in [-0.1, -0.05) is 18.2 Å². The fourth-order valence-corrected chi connectivity index (χ4v) is 4.47. The molecule has 1 aliphatic carbocycles. The average molecular weight is 360 g/mol. The van der Waals surface area contributed by atoms with E-state index < -0.39 is 0 Å². The van der Waals surface area contributed by atoms with Gasteiger partial charge in [0.1, 0.15) is 5.58 Å². The second kappa shape index (κ2) is 6.86. The van der Waals surface area contributed by atoms with Gasteiger partial charge in [0.25, 0.3) is 0 Å². The highest BCUT2D eigenvalue weighted by Gasteiger charge is 2.20. The van der Waals surface area contributed by atoms with E-state index in [9.17, 15) is 4.79 Å². The van der Waals surface area contributed by atoms with Gasteiger partial charge in [-0.25, -0.2) is 4.79 Å². The van der Waals surface area contributed by atoms with Crippen molar-refractivity contribution in [2.75, 3.05) is 31.1 Å². The summed E-state index contributed by atoms with van der Waals surface area (Å²) in [7, 11) is 0. The van der Waals surface area contributed by atoms with Crippen LogP contribution in [0.1, 0.15) is 23.1 Å². The van der Waals surface area contributed by atoms with Crippen LogP contribution in [-0.4, -0.2) is 31.1 Å². The molecule has 0 amide bonds. The van der Waals surface area contributed by atoms with Crippen molar-refractivity contribution < 1.29 is 4.42 Å². The summed E-state index contributed by atoms with van der Waals surface area (Å²) >= 11 is 0. The summed E-state index contributed by atoms with van der Waals surface area (Å²) in [5.74, 6) is 0. The second-order valence-corrected chi connectivity index (χ2v) is 7.66. The number of rotatable bonds is 3. The smallest absolute Gasteiger partial charge is 0.336 e. The van der Waals surface area contributed by atoms with Crippen LogP contribution in [0.15, 0.2) is 57.7 Å². The largest absolute Gasteiger partial charge is 0.423 e. The van der Waals surface area contributed by atoms with Crippen molar-refractivity contribution >= 4 is 16.7 Å². The zero-order chi connectivity index (χ0) is 18.2. The Labute approximate surface area is 159 Å². The van der Waals surface area contributed by atoms with Crippen LogP contribution in [0.25, 0.3) is 11.0 Å². The van der Waals surface area contributed by atoms with Gasteiger partial charge in [-0.15, -0.1) is 0 Å². The van der Waals surface area contributed by atoms with E-state index >= 15 is 0 Å². The molecule has 0 saturated carbocycles. The molecule has 138 valence electrons. The van der Waals surface area contributed by atoms with Gasteiger partial charge in [0.05, 0.1) is 0 Å². The number of anilines is 1. The molecule has 1 fully saturated rings. The monoisotopic (exact) mass is 360 g/mol. The molecule has 1 saturated heterocycles. The van der Waals surface area contributed by atoms with Gasteiger partial charge in [0, 0.05) is 49.9 Å². The van der Waals surface area contributed by atoms with Gasteiger partial charge in [-0.05, 0) is 60.2 Å². The van der Waals surface area contributed by atoms with E-state index in [-0.39, 0.29) is 5.63 Å². The van der Waals surface area contributed by atoms with Crippen LogP contribution >= 0.6 is 0 Å². The van der Waals surface area contributed by atoms with Gasteiger partial charge >= 0.3 is 5.63 Å². The van der Waals surface area contributed by atoms with E-state index in [1.54, 1.807) is 6.07 Å². The third kappa shape index (κ3) is 3.26. The molecule has 4 heteroatoms. The first-order valence-electron chi connectivity index (χ1n) is 9.87. The number of piperazine rings is 1. The van der Waals surface area contributed by atoms with Gasteiger partial charge in [0.15, 0.2) is 0 Å². The van der Waals surface area contributed by atoms with Crippen LogP contribution < -0.4 is 10.5 Å².